The summed E-state index contributed by atoms with van der Waals surface area (Å²) in [5.74, 6) is 0.683. The third kappa shape index (κ3) is 4.12. The number of halogens is 1. The van der Waals surface area contributed by atoms with Crippen molar-refractivity contribution < 1.29 is 0 Å². The van der Waals surface area contributed by atoms with Crippen molar-refractivity contribution in [1.29, 1.82) is 0 Å². The molecule has 1 heterocycles. The normalized spacial score (nSPS) is 12.7. The Hall–Kier alpha value is -0.0500. The first-order valence-corrected chi connectivity index (χ1v) is 5.23. The van der Waals surface area contributed by atoms with E-state index in [1.165, 1.54) is 9.75 Å². The molecule has 0 aliphatic carbocycles. The third-order valence-corrected chi connectivity index (χ3v) is 2.98. The van der Waals surface area contributed by atoms with Crippen molar-refractivity contribution in [2.45, 2.75) is 33.2 Å². The molecule has 3 heteroatoms. The van der Waals surface area contributed by atoms with Gasteiger partial charge in [-0.15, -0.1) is 23.7 Å². The maximum absolute atomic E-state index is 6.02. The Morgan fingerprint density at radius 2 is 2.00 bits per heavy atom. The van der Waals surface area contributed by atoms with Crippen LogP contribution in [0.5, 0.6) is 0 Å². The average Bonchev–Trinajstić information content (AvgIpc) is 2.34. The van der Waals surface area contributed by atoms with Crippen LogP contribution in [0, 0.1) is 12.8 Å². The van der Waals surface area contributed by atoms with Crippen molar-refractivity contribution in [3.63, 3.8) is 0 Å². The molecule has 0 aromatic carbocycles. The fourth-order valence-electron chi connectivity index (χ4n) is 1.28. The lowest BCUT2D eigenvalue weighted by atomic mass is 10.0. The van der Waals surface area contributed by atoms with E-state index in [1.807, 2.05) is 11.3 Å². The van der Waals surface area contributed by atoms with E-state index >= 15 is 0 Å². The molecule has 0 amide bonds. The molecule has 1 rings (SSSR count). The van der Waals surface area contributed by atoms with Crippen LogP contribution in [0.3, 0.4) is 0 Å². The Morgan fingerprint density at radius 3 is 2.38 bits per heavy atom. The van der Waals surface area contributed by atoms with Gasteiger partial charge in [-0.3, -0.25) is 0 Å². The largest absolute Gasteiger partial charge is 0.323 e. The van der Waals surface area contributed by atoms with Crippen molar-refractivity contribution in [1.82, 2.24) is 0 Å². The van der Waals surface area contributed by atoms with Gasteiger partial charge >= 0.3 is 0 Å². The Labute approximate surface area is 90.8 Å². The molecular weight excluding hydrogens is 202 g/mol. The summed E-state index contributed by atoms with van der Waals surface area (Å²) in [6.07, 6.45) is 1.08. The molecule has 0 radical (unpaired) electrons. The lowest BCUT2D eigenvalue weighted by Gasteiger charge is -2.11. The fourth-order valence-corrected chi connectivity index (χ4v) is 2.17. The van der Waals surface area contributed by atoms with Crippen LogP contribution in [0.25, 0.3) is 0 Å². The van der Waals surface area contributed by atoms with Crippen LogP contribution in [0.2, 0.25) is 0 Å². The van der Waals surface area contributed by atoms with Crippen LogP contribution in [0.1, 0.15) is 36.1 Å². The zero-order valence-corrected chi connectivity index (χ0v) is 10.0. The summed E-state index contributed by atoms with van der Waals surface area (Å²) in [6.45, 7) is 6.54. The molecule has 13 heavy (non-hydrogen) atoms. The minimum Gasteiger partial charge on any atom is -0.323 e. The number of nitrogens with two attached hydrogens (primary N) is 1. The Kier molecular flexibility index (Phi) is 5.61. The minimum atomic E-state index is 0. The molecule has 0 saturated carbocycles. The fraction of sp³-hybridized carbons (Fsp3) is 0.600. The zero-order chi connectivity index (χ0) is 9.14. The third-order valence-electron chi connectivity index (χ3n) is 1.85. The maximum Gasteiger partial charge on any atom is 0.0392 e. The second-order valence-electron chi connectivity index (χ2n) is 3.68. The first-order valence-electron chi connectivity index (χ1n) is 4.41. The van der Waals surface area contributed by atoms with Crippen molar-refractivity contribution in [3.05, 3.63) is 21.9 Å². The second-order valence-corrected chi connectivity index (χ2v) is 5.00. The predicted octanol–water partition coefficient (Wildman–Crippen LogP) is 3.52. The summed E-state index contributed by atoms with van der Waals surface area (Å²) in [4.78, 5) is 2.67. The van der Waals surface area contributed by atoms with Crippen LogP contribution < -0.4 is 5.73 Å². The van der Waals surface area contributed by atoms with Crippen molar-refractivity contribution in [3.8, 4) is 0 Å². The lowest BCUT2D eigenvalue weighted by Crippen LogP contribution is -2.11. The van der Waals surface area contributed by atoms with E-state index in [2.05, 4.69) is 32.9 Å². The van der Waals surface area contributed by atoms with Crippen molar-refractivity contribution in [2.24, 2.45) is 11.7 Å². The molecule has 76 valence electrons. The van der Waals surface area contributed by atoms with E-state index in [4.69, 9.17) is 5.73 Å². The molecule has 1 aromatic heterocycles. The topological polar surface area (TPSA) is 26.0 Å². The number of rotatable bonds is 3. The molecule has 1 aromatic rings. The zero-order valence-electron chi connectivity index (χ0n) is 8.41. The lowest BCUT2D eigenvalue weighted by molar-refractivity contribution is 0.515. The van der Waals surface area contributed by atoms with Crippen LogP contribution in [0.15, 0.2) is 12.1 Å². The van der Waals surface area contributed by atoms with Crippen LogP contribution in [0.4, 0.5) is 0 Å². The summed E-state index contributed by atoms with van der Waals surface area (Å²) in [5.41, 5.74) is 6.02. The Bertz CT molecular complexity index is 245. The summed E-state index contributed by atoms with van der Waals surface area (Å²) < 4.78 is 0. The summed E-state index contributed by atoms with van der Waals surface area (Å²) in [6, 6.07) is 4.52. The summed E-state index contributed by atoms with van der Waals surface area (Å²) in [5, 5.41) is 0. The molecule has 0 spiro atoms. The highest BCUT2D eigenvalue weighted by Gasteiger charge is 2.09. The van der Waals surface area contributed by atoms with Gasteiger partial charge in [-0.2, -0.15) is 0 Å². The van der Waals surface area contributed by atoms with Crippen LogP contribution in [-0.4, -0.2) is 0 Å². The standard InChI is InChI=1S/C10H17NS.ClH/c1-7(2)6-9(11)10-5-4-8(3)12-10;/h4-5,7,9H,6,11H2,1-3H3;1H/t9-;/m0./s1. The van der Waals surface area contributed by atoms with Gasteiger partial charge in [0.25, 0.3) is 0 Å². The van der Waals surface area contributed by atoms with E-state index in [1.54, 1.807) is 0 Å². The molecule has 0 unspecified atom stereocenters. The van der Waals surface area contributed by atoms with E-state index in [-0.39, 0.29) is 18.4 Å². The van der Waals surface area contributed by atoms with Gasteiger partial charge in [-0.1, -0.05) is 13.8 Å². The average molecular weight is 220 g/mol. The smallest absolute Gasteiger partial charge is 0.0392 e. The SMILES string of the molecule is Cc1ccc([C@@H](N)CC(C)C)s1.Cl. The van der Waals surface area contributed by atoms with Gasteiger partial charge in [0.15, 0.2) is 0 Å². The molecule has 2 N–H and O–H groups in total. The highest BCUT2D eigenvalue weighted by molar-refractivity contribution is 7.12. The first kappa shape index (κ1) is 12.9. The quantitative estimate of drug-likeness (QED) is 0.827. The van der Waals surface area contributed by atoms with Crippen molar-refractivity contribution in [2.75, 3.05) is 0 Å². The van der Waals surface area contributed by atoms with Gasteiger partial charge in [0.05, 0.1) is 0 Å². The molecular formula is C10H18ClNS. The summed E-state index contributed by atoms with van der Waals surface area (Å²) in [7, 11) is 0. The van der Waals surface area contributed by atoms with Gasteiger partial charge in [-0.05, 0) is 31.4 Å². The highest BCUT2D eigenvalue weighted by Crippen LogP contribution is 2.25. The van der Waals surface area contributed by atoms with E-state index in [0.29, 0.717) is 5.92 Å². The van der Waals surface area contributed by atoms with Crippen LogP contribution >= 0.6 is 23.7 Å². The van der Waals surface area contributed by atoms with Crippen LogP contribution in [-0.2, 0) is 0 Å². The number of thiophene rings is 1. The molecule has 1 nitrogen and oxygen atoms in total. The van der Waals surface area contributed by atoms with Gasteiger partial charge < -0.3 is 5.73 Å². The van der Waals surface area contributed by atoms with Gasteiger partial charge in [-0.25, -0.2) is 0 Å². The molecule has 1 atom stereocenters. The Balaban J connectivity index is 0.00000144. The maximum atomic E-state index is 6.02. The van der Waals surface area contributed by atoms with Gasteiger partial charge in [0.1, 0.15) is 0 Å². The first-order chi connectivity index (χ1) is 5.59. The number of aryl methyl sites for hydroxylation is 1. The van der Waals surface area contributed by atoms with Gasteiger partial charge in [0, 0.05) is 15.8 Å². The number of hydrogen-bond acceptors (Lipinski definition) is 2. The van der Waals surface area contributed by atoms with E-state index < -0.39 is 0 Å². The van der Waals surface area contributed by atoms with E-state index in [0.717, 1.165) is 6.42 Å². The predicted molar refractivity (Wildman–Crippen MR) is 62.7 cm³/mol. The molecule has 0 saturated heterocycles. The molecule has 0 bridgehead atoms. The molecule has 0 aliphatic rings. The summed E-state index contributed by atoms with van der Waals surface area (Å²) >= 11 is 1.81. The molecule has 0 aliphatic heterocycles. The molecule has 0 fully saturated rings. The second kappa shape index (κ2) is 5.63. The highest BCUT2D eigenvalue weighted by atomic mass is 35.5. The minimum absolute atomic E-state index is 0. The van der Waals surface area contributed by atoms with Crippen molar-refractivity contribution >= 4 is 23.7 Å². The Morgan fingerprint density at radius 1 is 1.38 bits per heavy atom. The van der Waals surface area contributed by atoms with Gasteiger partial charge in [0.2, 0.25) is 0 Å². The number of hydrogen-bond donors (Lipinski definition) is 1. The van der Waals surface area contributed by atoms with E-state index in [9.17, 15) is 0 Å². The monoisotopic (exact) mass is 219 g/mol.